The molecular weight excluding hydrogens is 222 g/mol. The molecule has 1 rings (SSSR count). The van der Waals surface area contributed by atoms with Gasteiger partial charge in [-0.2, -0.15) is 0 Å². The molecule has 0 aliphatic carbocycles. The van der Waals surface area contributed by atoms with Gasteiger partial charge < -0.3 is 10.4 Å². The Bertz CT molecular complexity index is 362. The van der Waals surface area contributed by atoms with Crippen LogP contribution in [-0.4, -0.2) is 22.8 Å². The molecule has 0 saturated heterocycles. The second kappa shape index (κ2) is 6.23. The number of carbonyl (C=O) groups is 1. The summed E-state index contributed by atoms with van der Waals surface area (Å²) in [6, 6.07) is 6.79. The summed E-state index contributed by atoms with van der Waals surface area (Å²) < 4.78 is 0. The van der Waals surface area contributed by atoms with Crippen LogP contribution >= 0.6 is 11.8 Å². The molecule has 0 saturated carbocycles. The van der Waals surface area contributed by atoms with Gasteiger partial charge in [-0.05, 0) is 31.2 Å². The molecule has 0 aromatic heterocycles. The molecule has 0 heterocycles. The topological polar surface area (TPSA) is 49.3 Å². The molecule has 1 aromatic carbocycles. The van der Waals surface area contributed by atoms with Gasteiger partial charge in [-0.15, -0.1) is 18.3 Å². The lowest BCUT2D eigenvalue weighted by Gasteiger charge is -2.10. The van der Waals surface area contributed by atoms with Crippen LogP contribution in [-0.2, 0) is 4.79 Å². The zero-order chi connectivity index (χ0) is 12.0. The second-order valence-corrected chi connectivity index (χ2v) is 4.70. The molecule has 0 unspecified atom stereocenters. The summed E-state index contributed by atoms with van der Waals surface area (Å²) in [5, 5.41) is 11.7. The van der Waals surface area contributed by atoms with E-state index in [-0.39, 0.29) is 16.9 Å². The lowest BCUT2D eigenvalue weighted by molar-refractivity contribution is -0.120. The number of carbonyl (C=O) groups excluding carboxylic acids is 1. The third-order valence-electron chi connectivity index (χ3n) is 1.94. The van der Waals surface area contributed by atoms with Crippen LogP contribution in [0.5, 0.6) is 5.75 Å². The lowest BCUT2D eigenvalue weighted by Crippen LogP contribution is -2.30. The fourth-order valence-corrected chi connectivity index (χ4v) is 1.99. The van der Waals surface area contributed by atoms with Gasteiger partial charge in [0.25, 0.3) is 0 Å². The minimum atomic E-state index is -0.163. The van der Waals surface area contributed by atoms with Crippen LogP contribution in [0.2, 0.25) is 0 Å². The number of phenols is 1. The fourth-order valence-electron chi connectivity index (χ4n) is 1.10. The predicted molar refractivity (Wildman–Crippen MR) is 66.6 cm³/mol. The van der Waals surface area contributed by atoms with Crippen molar-refractivity contribution in [3.05, 3.63) is 36.9 Å². The van der Waals surface area contributed by atoms with Crippen LogP contribution < -0.4 is 5.32 Å². The Kier molecular flexibility index (Phi) is 4.92. The van der Waals surface area contributed by atoms with Crippen LogP contribution in [0.1, 0.15) is 6.92 Å². The van der Waals surface area contributed by atoms with Crippen molar-refractivity contribution in [1.29, 1.82) is 0 Å². The van der Waals surface area contributed by atoms with E-state index in [9.17, 15) is 4.79 Å². The van der Waals surface area contributed by atoms with E-state index in [1.54, 1.807) is 30.3 Å². The van der Waals surface area contributed by atoms with Crippen molar-refractivity contribution >= 4 is 17.7 Å². The number of hydrogen-bond donors (Lipinski definition) is 2. The normalized spacial score (nSPS) is 11.8. The first-order valence-corrected chi connectivity index (χ1v) is 5.85. The van der Waals surface area contributed by atoms with Crippen LogP contribution in [0, 0.1) is 0 Å². The van der Waals surface area contributed by atoms with Gasteiger partial charge in [0, 0.05) is 11.4 Å². The molecule has 0 radical (unpaired) electrons. The van der Waals surface area contributed by atoms with Crippen LogP contribution in [0.15, 0.2) is 41.8 Å². The number of thioether (sulfide) groups is 1. The summed E-state index contributed by atoms with van der Waals surface area (Å²) in [7, 11) is 0. The number of phenolic OH excluding ortho intramolecular Hbond substituents is 1. The molecule has 0 aliphatic heterocycles. The van der Waals surface area contributed by atoms with Crippen molar-refractivity contribution in [2.45, 2.75) is 17.1 Å². The molecule has 86 valence electrons. The third-order valence-corrected chi connectivity index (χ3v) is 3.05. The van der Waals surface area contributed by atoms with Crippen LogP contribution in [0.4, 0.5) is 0 Å². The molecule has 0 fully saturated rings. The molecule has 16 heavy (non-hydrogen) atoms. The van der Waals surface area contributed by atoms with Crippen molar-refractivity contribution in [3.63, 3.8) is 0 Å². The first-order chi connectivity index (χ1) is 7.63. The van der Waals surface area contributed by atoms with Gasteiger partial charge in [0.15, 0.2) is 0 Å². The zero-order valence-electron chi connectivity index (χ0n) is 9.14. The maximum absolute atomic E-state index is 11.5. The highest BCUT2D eigenvalue weighted by Gasteiger charge is 2.12. The third kappa shape index (κ3) is 3.98. The number of benzene rings is 1. The lowest BCUT2D eigenvalue weighted by atomic mass is 10.3. The Balaban J connectivity index is 2.50. The Morgan fingerprint density at radius 1 is 1.56 bits per heavy atom. The molecule has 1 aromatic rings. The minimum absolute atomic E-state index is 0.0158. The number of rotatable bonds is 5. The van der Waals surface area contributed by atoms with Crippen molar-refractivity contribution in [2.75, 3.05) is 6.54 Å². The van der Waals surface area contributed by atoms with E-state index in [0.717, 1.165) is 4.90 Å². The number of aromatic hydroxyl groups is 1. The molecular formula is C12H15NO2S. The van der Waals surface area contributed by atoms with Crippen LogP contribution in [0.3, 0.4) is 0 Å². The number of amides is 1. The fraction of sp³-hybridized carbons (Fsp3) is 0.250. The largest absolute Gasteiger partial charge is 0.508 e. The summed E-state index contributed by atoms with van der Waals surface area (Å²) >= 11 is 1.45. The van der Waals surface area contributed by atoms with Gasteiger partial charge in [-0.25, -0.2) is 0 Å². The van der Waals surface area contributed by atoms with E-state index in [2.05, 4.69) is 11.9 Å². The standard InChI is InChI=1S/C12H15NO2S/c1-3-8-13-12(15)9(2)16-11-6-4-10(14)5-7-11/h3-7,9,14H,1,8H2,2H3,(H,13,15)/t9-/m0/s1. The minimum Gasteiger partial charge on any atom is -0.508 e. The van der Waals surface area contributed by atoms with Gasteiger partial charge in [-0.1, -0.05) is 6.08 Å². The molecule has 4 heteroatoms. The molecule has 0 bridgehead atoms. The first kappa shape index (κ1) is 12.6. The summed E-state index contributed by atoms with van der Waals surface area (Å²) in [4.78, 5) is 12.5. The molecule has 3 nitrogen and oxygen atoms in total. The van der Waals surface area contributed by atoms with E-state index in [1.807, 2.05) is 6.92 Å². The van der Waals surface area contributed by atoms with E-state index in [4.69, 9.17) is 5.11 Å². The highest BCUT2D eigenvalue weighted by molar-refractivity contribution is 8.00. The van der Waals surface area contributed by atoms with E-state index >= 15 is 0 Å². The quantitative estimate of drug-likeness (QED) is 0.609. The van der Waals surface area contributed by atoms with Crippen molar-refractivity contribution in [2.24, 2.45) is 0 Å². The van der Waals surface area contributed by atoms with E-state index in [1.165, 1.54) is 11.8 Å². The average molecular weight is 237 g/mol. The molecule has 0 spiro atoms. The Labute approximate surface area is 99.6 Å². The highest BCUT2D eigenvalue weighted by Crippen LogP contribution is 2.24. The zero-order valence-corrected chi connectivity index (χ0v) is 9.96. The van der Waals surface area contributed by atoms with Crippen molar-refractivity contribution < 1.29 is 9.90 Å². The van der Waals surface area contributed by atoms with E-state index < -0.39 is 0 Å². The summed E-state index contributed by atoms with van der Waals surface area (Å²) in [6.45, 7) is 5.86. The van der Waals surface area contributed by atoms with Gasteiger partial charge in [0.2, 0.25) is 5.91 Å². The summed E-state index contributed by atoms with van der Waals surface area (Å²) in [6.07, 6.45) is 1.65. The number of nitrogens with one attached hydrogen (secondary N) is 1. The van der Waals surface area contributed by atoms with Gasteiger partial charge in [-0.3, -0.25) is 4.79 Å². The van der Waals surface area contributed by atoms with Crippen molar-refractivity contribution in [1.82, 2.24) is 5.32 Å². The SMILES string of the molecule is C=CCNC(=O)[C@H](C)Sc1ccc(O)cc1. The summed E-state index contributed by atoms with van der Waals surface area (Å²) in [5.74, 6) is 0.214. The smallest absolute Gasteiger partial charge is 0.233 e. The average Bonchev–Trinajstić information content (AvgIpc) is 2.29. The summed E-state index contributed by atoms with van der Waals surface area (Å²) in [5.41, 5.74) is 0. The predicted octanol–water partition coefficient (Wildman–Crippen LogP) is 2.17. The first-order valence-electron chi connectivity index (χ1n) is 4.97. The maximum Gasteiger partial charge on any atom is 0.233 e. The van der Waals surface area contributed by atoms with Gasteiger partial charge >= 0.3 is 0 Å². The number of hydrogen-bond acceptors (Lipinski definition) is 3. The highest BCUT2D eigenvalue weighted by atomic mass is 32.2. The monoisotopic (exact) mass is 237 g/mol. The van der Waals surface area contributed by atoms with Crippen LogP contribution in [0.25, 0.3) is 0 Å². The van der Waals surface area contributed by atoms with Crippen molar-refractivity contribution in [3.8, 4) is 5.75 Å². The Morgan fingerprint density at radius 2 is 2.19 bits per heavy atom. The molecule has 1 atom stereocenters. The van der Waals surface area contributed by atoms with E-state index in [0.29, 0.717) is 6.54 Å². The van der Waals surface area contributed by atoms with Gasteiger partial charge in [0.05, 0.1) is 5.25 Å². The Morgan fingerprint density at radius 3 is 2.75 bits per heavy atom. The van der Waals surface area contributed by atoms with Gasteiger partial charge in [0.1, 0.15) is 5.75 Å². The Hall–Kier alpha value is -1.42. The molecule has 0 aliphatic rings. The maximum atomic E-state index is 11.5. The second-order valence-electron chi connectivity index (χ2n) is 3.29. The molecule has 2 N–H and O–H groups in total. The molecule has 1 amide bonds.